The van der Waals surface area contributed by atoms with Gasteiger partial charge in [-0.25, -0.2) is 0 Å². The molecule has 0 aliphatic rings. The summed E-state index contributed by atoms with van der Waals surface area (Å²) in [7, 11) is 0. The number of thioether (sulfide) groups is 1. The van der Waals surface area contributed by atoms with Gasteiger partial charge < -0.3 is 5.11 Å². The van der Waals surface area contributed by atoms with Gasteiger partial charge in [0.05, 0.1) is 5.56 Å². The minimum Gasteiger partial charge on any atom is -0.507 e. The number of benzene rings is 1. The van der Waals surface area contributed by atoms with Crippen molar-refractivity contribution in [2.24, 2.45) is 0 Å². The first-order valence-electron chi connectivity index (χ1n) is 4.39. The molecule has 58 valence electrons. The number of rotatable bonds is 2. The molecule has 2 nitrogen and oxygen atoms in total. The number of hydrogen-bond acceptors (Lipinski definition) is 3. The monoisotopic (exact) mass is 171 g/mol. The number of hydrogen-bond donors (Lipinski definition) is 1. The highest BCUT2D eigenvalue weighted by molar-refractivity contribution is 7.98. The maximum Gasteiger partial charge on any atom is 0.153 e. The Hall–Kier alpha value is -0.960. The first kappa shape index (κ1) is 4.83. The molecule has 0 spiro atoms. The minimum atomic E-state index is -2.14. The molecule has 1 aromatic carbocycles. The smallest absolute Gasteiger partial charge is 0.153 e. The Labute approximate surface area is 73.5 Å². The van der Waals surface area contributed by atoms with Gasteiger partial charge in [0.15, 0.2) is 6.29 Å². The van der Waals surface area contributed by atoms with Crippen molar-refractivity contribution in [3.05, 3.63) is 23.8 Å². The fourth-order valence-corrected chi connectivity index (χ4v) is 1.01. The van der Waals surface area contributed by atoms with E-state index < -0.39 is 6.18 Å². The lowest BCUT2D eigenvalue weighted by Crippen LogP contribution is -1.81. The van der Waals surface area contributed by atoms with Crippen molar-refractivity contribution in [3.63, 3.8) is 0 Å². The fraction of sp³-hybridized carbons (Fsp3) is 0.125. The van der Waals surface area contributed by atoms with E-state index in [1.54, 1.807) is 0 Å². The summed E-state index contributed by atoms with van der Waals surface area (Å²) in [6.45, 7) is 0. The Morgan fingerprint density at radius 1 is 1.73 bits per heavy atom. The van der Waals surface area contributed by atoms with Crippen LogP contribution in [0.4, 0.5) is 0 Å². The van der Waals surface area contributed by atoms with Crippen molar-refractivity contribution < 1.29 is 14.0 Å². The molecule has 0 atom stereocenters. The number of carbonyl (C=O) groups is 1. The van der Waals surface area contributed by atoms with Gasteiger partial charge in [0.2, 0.25) is 0 Å². The van der Waals surface area contributed by atoms with Crippen LogP contribution < -0.4 is 0 Å². The van der Waals surface area contributed by atoms with Gasteiger partial charge in [-0.2, -0.15) is 0 Å². The largest absolute Gasteiger partial charge is 0.507 e. The first-order valence-corrected chi connectivity index (χ1v) is 3.71. The molecular formula is C8H8O2S. The topological polar surface area (TPSA) is 37.3 Å². The number of phenols is 1. The Morgan fingerprint density at radius 3 is 3.18 bits per heavy atom. The van der Waals surface area contributed by atoms with Gasteiger partial charge in [0, 0.05) is 9.01 Å². The summed E-state index contributed by atoms with van der Waals surface area (Å²) in [4.78, 5) is 10.9. The standard InChI is InChI=1S/C8H8O2S/c1-11-7-2-3-8(10)6(4-7)5-9/h2-5,10H,1H3/i1D3. The van der Waals surface area contributed by atoms with Crippen molar-refractivity contribution in [2.45, 2.75) is 4.90 Å². The summed E-state index contributed by atoms with van der Waals surface area (Å²) in [6, 6.07) is 4.11. The Bertz CT molecular complexity index is 349. The van der Waals surface area contributed by atoms with Crippen LogP contribution in [0.3, 0.4) is 0 Å². The second-order valence-corrected chi connectivity index (χ2v) is 2.62. The molecule has 11 heavy (non-hydrogen) atoms. The van der Waals surface area contributed by atoms with Crippen LogP contribution in [-0.4, -0.2) is 17.6 Å². The predicted molar refractivity (Wildman–Crippen MR) is 45.3 cm³/mol. The number of aldehydes is 1. The Morgan fingerprint density at radius 2 is 2.55 bits per heavy atom. The van der Waals surface area contributed by atoms with Crippen LogP contribution >= 0.6 is 11.8 Å². The van der Waals surface area contributed by atoms with E-state index in [0.29, 0.717) is 22.9 Å². The van der Waals surface area contributed by atoms with E-state index in [1.807, 2.05) is 0 Å². The number of phenolic OH excluding ortho intramolecular Hbond substituents is 1. The molecule has 0 aliphatic carbocycles. The zero-order valence-electron chi connectivity index (χ0n) is 8.57. The zero-order chi connectivity index (χ0) is 10.8. The van der Waals surface area contributed by atoms with Crippen LogP contribution in [0, 0.1) is 0 Å². The van der Waals surface area contributed by atoms with Crippen molar-refractivity contribution in [3.8, 4) is 5.75 Å². The molecule has 1 N–H and O–H groups in total. The van der Waals surface area contributed by atoms with Crippen LogP contribution in [-0.2, 0) is 0 Å². The van der Waals surface area contributed by atoms with Crippen molar-refractivity contribution in [2.75, 3.05) is 6.18 Å². The number of carbonyl (C=O) groups excluding carboxylic acids is 1. The molecule has 0 amide bonds. The lowest BCUT2D eigenvalue weighted by Gasteiger charge is -1.98. The van der Waals surface area contributed by atoms with Crippen LogP contribution in [0.1, 0.15) is 14.5 Å². The van der Waals surface area contributed by atoms with Crippen LogP contribution in [0.2, 0.25) is 0 Å². The van der Waals surface area contributed by atoms with Gasteiger partial charge in [-0.1, -0.05) is 0 Å². The van der Waals surface area contributed by atoms with E-state index in [0.717, 1.165) is 0 Å². The quantitative estimate of drug-likeness (QED) is 0.545. The van der Waals surface area contributed by atoms with E-state index in [1.165, 1.54) is 18.2 Å². The molecule has 0 fully saturated rings. The Balaban J connectivity index is 2.95. The van der Waals surface area contributed by atoms with E-state index in [4.69, 9.17) is 9.22 Å². The molecule has 0 saturated carbocycles. The summed E-state index contributed by atoms with van der Waals surface area (Å²) >= 11 is 0.669. The van der Waals surface area contributed by atoms with Gasteiger partial charge in [0.1, 0.15) is 5.75 Å². The second kappa shape index (κ2) is 3.44. The minimum absolute atomic E-state index is 0.0965. The van der Waals surface area contributed by atoms with Gasteiger partial charge in [-0.05, 0) is 24.4 Å². The maximum atomic E-state index is 10.4. The average molecular weight is 171 g/mol. The van der Waals surface area contributed by atoms with Crippen molar-refractivity contribution in [1.29, 1.82) is 0 Å². The van der Waals surface area contributed by atoms with Crippen molar-refractivity contribution >= 4 is 18.0 Å². The lowest BCUT2D eigenvalue weighted by molar-refractivity contribution is 0.112. The summed E-state index contributed by atoms with van der Waals surface area (Å²) in [6.07, 6.45) is -1.66. The van der Waals surface area contributed by atoms with Crippen molar-refractivity contribution in [1.82, 2.24) is 0 Å². The molecule has 0 aromatic heterocycles. The van der Waals surface area contributed by atoms with E-state index >= 15 is 0 Å². The first-order chi connectivity index (χ1) is 6.42. The van der Waals surface area contributed by atoms with Crippen LogP contribution in [0.5, 0.6) is 5.75 Å². The molecule has 0 bridgehead atoms. The molecule has 3 heteroatoms. The normalized spacial score (nSPS) is 14.7. The zero-order valence-corrected chi connectivity index (χ0v) is 6.39. The van der Waals surface area contributed by atoms with E-state index in [-0.39, 0.29) is 11.3 Å². The molecule has 1 aromatic rings. The SMILES string of the molecule is [2H]C([2H])([2H])Sc1ccc(O)c(C=O)c1. The van der Waals surface area contributed by atoms with Crippen LogP contribution in [0.15, 0.2) is 23.1 Å². The highest BCUT2D eigenvalue weighted by Crippen LogP contribution is 2.21. The Kier molecular flexibility index (Phi) is 1.51. The third-order valence-corrected chi connectivity index (χ3v) is 1.73. The summed E-state index contributed by atoms with van der Waals surface area (Å²) < 4.78 is 21.0. The van der Waals surface area contributed by atoms with Gasteiger partial charge in [0.25, 0.3) is 0 Å². The number of aromatic hydroxyl groups is 1. The molecule has 0 heterocycles. The average Bonchev–Trinajstić information content (AvgIpc) is 2.06. The molecule has 0 saturated heterocycles. The molecule has 0 radical (unpaired) electrons. The second-order valence-electron chi connectivity index (χ2n) is 1.94. The van der Waals surface area contributed by atoms with Gasteiger partial charge in [-0.3, -0.25) is 4.79 Å². The summed E-state index contributed by atoms with van der Waals surface area (Å²) in [5, 5.41) is 9.15. The third kappa shape index (κ3) is 1.74. The lowest BCUT2D eigenvalue weighted by atomic mass is 10.2. The van der Waals surface area contributed by atoms with Crippen LogP contribution in [0.25, 0.3) is 0 Å². The van der Waals surface area contributed by atoms with E-state index in [2.05, 4.69) is 0 Å². The molecule has 1 rings (SSSR count). The highest BCUT2D eigenvalue weighted by atomic mass is 32.2. The molecular weight excluding hydrogens is 160 g/mol. The highest BCUT2D eigenvalue weighted by Gasteiger charge is 1.99. The third-order valence-electron chi connectivity index (χ3n) is 1.24. The summed E-state index contributed by atoms with van der Waals surface area (Å²) in [5.41, 5.74) is 0.0965. The van der Waals surface area contributed by atoms with E-state index in [9.17, 15) is 4.79 Å². The summed E-state index contributed by atoms with van der Waals surface area (Å²) in [5.74, 6) is -0.144. The molecule has 0 unspecified atom stereocenters. The fourth-order valence-electron chi connectivity index (χ4n) is 0.690. The predicted octanol–water partition coefficient (Wildman–Crippen LogP) is 1.93. The van der Waals surface area contributed by atoms with Gasteiger partial charge in [-0.15, -0.1) is 11.8 Å². The van der Waals surface area contributed by atoms with Gasteiger partial charge >= 0.3 is 0 Å². The maximum absolute atomic E-state index is 10.4. The molecule has 0 aliphatic heterocycles.